The van der Waals surface area contributed by atoms with E-state index >= 15 is 0 Å². The van der Waals surface area contributed by atoms with Crippen molar-refractivity contribution in [1.82, 2.24) is 19.4 Å². The van der Waals surface area contributed by atoms with E-state index in [1.54, 1.807) is 12.0 Å². The Balaban J connectivity index is 1.29. The number of ether oxygens (including phenoxy) is 1. The van der Waals surface area contributed by atoms with Gasteiger partial charge in [-0.2, -0.15) is 0 Å². The van der Waals surface area contributed by atoms with Crippen molar-refractivity contribution >= 4 is 33.4 Å². The summed E-state index contributed by atoms with van der Waals surface area (Å²) in [7, 11) is 1.62. The lowest BCUT2D eigenvalue weighted by molar-refractivity contribution is -0.140. The lowest BCUT2D eigenvalue weighted by Crippen LogP contribution is -2.52. The molecule has 1 aromatic carbocycles. The molecule has 5 rings (SSSR count). The lowest BCUT2D eigenvalue weighted by Gasteiger charge is -2.35. The van der Waals surface area contributed by atoms with E-state index in [1.165, 1.54) is 22.2 Å². The van der Waals surface area contributed by atoms with Crippen LogP contribution in [0.2, 0.25) is 0 Å². The number of rotatable bonds is 5. The van der Waals surface area contributed by atoms with Gasteiger partial charge in [-0.15, -0.1) is 11.3 Å². The predicted octanol–water partition coefficient (Wildman–Crippen LogP) is 2.21. The highest BCUT2D eigenvalue weighted by molar-refractivity contribution is 7.22. The molecule has 1 aliphatic carbocycles. The highest BCUT2D eigenvalue weighted by Crippen LogP contribution is 2.32. The average Bonchev–Trinajstić information content (AvgIpc) is 3.59. The molecule has 3 heterocycles. The van der Waals surface area contributed by atoms with Gasteiger partial charge in [-0.1, -0.05) is 0 Å². The molecule has 1 saturated carbocycles. The Morgan fingerprint density at radius 2 is 1.78 bits per heavy atom. The number of carbonyl (C=O) groups is 2. The fraction of sp³-hybridized carbons (Fsp3) is 0.391. The Hall–Kier alpha value is -3.20. The van der Waals surface area contributed by atoms with Crippen LogP contribution in [-0.2, 0) is 16.1 Å². The minimum atomic E-state index is -0.212. The second kappa shape index (κ2) is 8.38. The largest absolute Gasteiger partial charge is 0.497 e. The zero-order chi connectivity index (χ0) is 22.2. The second-order valence-electron chi connectivity index (χ2n) is 8.21. The van der Waals surface area contributed by atoms with Crippen molar-refractivity contribution in [2.24, 2.45) is 5.92 Å². The number of benzene rings is 1. The maximum Gasteiger partial charge on any atom is 0.271 e. The molecule has 32 heavy (non-hydrogen) atoms. The predicted molar refractivity (Wildman–Crippen MR) is 122 cm³/mol. The Labute approximate surface area is 189 Å². The minimum Gasteiger partial charge on any atom is -0.497 e. The van der Waals surface area contributed by atoms with Gasteiger partial charge in [0.2, 0.25) is 11.8 Å². The zero-order valence-corrected chi connectivity index (χ0v) is 18.6. The van der Waals surface area contributed by atoms with Gasteiger partial charge in [0, 0.05) is 37.0 Å². The van der Waals surface area contributed by atoms with Crippen LogP contribution in [0.1, 0.15) is 12.8 Å². The van der Waals surface area contributed by atoms with Crippen LogP contribution in [0.5, 0.6) is 5.75 Å². The molecular weight excluding hydrogens is 428 g/mol. The normalized spacial score (nSPS) is 16.4. The topological polar surface area (TPSA) is 84.7 Å². The molecule has 0 unspecified atom stereocenters. The van der Waals surface area contributed by atoms with Gasteiger partial charge < -0.3 is 14.5 Å². The van der Waals surface area contributed by atoms with Crippen molar-refractivity contribution in [3.05, 3.63) is 47.0 Å². The molecule has 1 saturated heterocycles. The van der Waals surface area contributed by atoms with Crippen molar-refractivity contribution in [2.75, 3.05) is 33.3 Å². The molecule has 8 nitrogen and oxygen atoms in total. The summed E-state index contributed by atoms with van der Waals surface area (Å²) in [5, 5.41) is 0. The van der Waals surface area contributed by atoms with Crippen LogP contribution in [0.4, 0.5) is 0 Å². The first-order valence-corrected chi connectivity index (χ1v) is 11.5. The number of hydrogen-bond donors (Lipinski definition) is 0. The van der Waals surface area contributed by atoms with Crippen molar-refractivity contribution in [2.45, 2.75) is 19.4 Å². The third-order valence-corrected chi connectivity index (χ3v) is 7.22. The highest BCUT2D eigenvalue weighted by atomic mass is 32.1. The molecule has 0 bridgehead atoms. The summed E-state index contributed by atoms with van der Waals surface area (Å²) in [5.41, 5.74) is 1.40. The van der Waals surface area contributed by atoms with Gasteiger partial charge in [0.1, 0.15) is 17.0 Å². The molecular formula is C23H24N4O4S. The van der Waals surface area contributed by atoms with Crippen molar-refractivity contribution in [1.29, 1.82) is 0 Å². The lowest BCUT2D eigenvalue weighted by atomic mass is 10.2. The highest BCUT2D eigenvalue weighted by Gasteiger charge is 2.35. The van der Waals surface area contributed by atoms with Crippen LogP contribution < -0.4 is 10.3 Å². The summed E-state index contributed by atoms with van der Waals surface area (Å²) >= 11 is 1.37. The minimum absolute atomic E-state index is 0.0475. The Bertz CT molecular complexity index is 1220. The van der Waals surface area contributed by atoms with Gasteiger partial charge in [0.05, 0.1) is 19.0 Å². The monoisotopic (exact) mass is 452 g/mol. The average molecular weight is 453 g/mol. The van der Waals surface area contributed by atoms with Crippen molar-refractivity contribution < 1.29 is 14.3 Å². The van der Waals surface area contributed by atoms with Crippen LogP contribution in [-0.4, -0.2) is 64.5 Å². The summed E-state index contributed by atoms with van der Waals surface area (Å²) in [6, 6.07) is 9.54. The van der Waals surface area contributed by atoms with Crippen LogP contribution in [0.25, 0.3) is 20.7 Å². The van der Waals surface area contributed by atoms with Crippen LogP contribution in [0, 0.1) is 5.92 Å². The first-order chi connectivity index (χ1) is 15.5. The summed E-state index contributed by atoms with van der Waals surface area (Å²) in [4.78, 5) is 46.9. The summed E-state index contributed by atoms with van der Waals surface area (Å²) < 4.78 is 7.11. The molecule has 0 radical (unpaired) electrons. The number of carbonyl (C=O) groups excluding carboxylic acids is 2. The fourth-order valence-electron chi connectivity index (χ4n) is 3.97. The fourth-order valence-corrected chi connectivity index (χ4v) is 5.03. The van der Waals surface area contributed by atoms with Gasteiger partial charge in [0.15, 0.2) is 0 Å². The quantitative estimate of drug-likeness (QED) is 0.593. The third kappa shape index (κ3) is 4.00. The number of fused-ring (bicyclic) bond motifs is 1. The van der Waals surface area contributed by atoms with E-state index in [9.17, 15) is 14.4 Å². The number of hydrogen-bond acceptors (Lipinski definition) is 6. The van der Waals surface area contributed by atoms with Gasteiger partial charge >= 0.3 is 0 Å². The van der Waals surface area contributed by atoms with E-state index in [2.05, 4.69) is 4.98 Å². The number of piperazine rings is 1. The Morgan fingerprint density at radius 3 is 2.44 bits per heavy atom. The number of aromatic nitrogens is 2. The maximum atomic E-state index is 13.0. The van der Waals surface area contributed by atoms with Crippen LogP contribution in [0.3, 0.4) is 0 Å². The molecule has 2 fully saturated rings. The first-order valence-electron chi connectivity index (χ1n) is 10.7. The van der Waals surface area contributed by atoms with Crippen molar-refractivity contribution in [3.8, 4) is 16.2 Å². The molecule has 1 aliphatic heterocycles. The molecule has 166 valence electrons. The van der Waals surface area contributed by atoms with E-state index in [1.807, 2.05) is 35.2 Å². The van der Waals surface area contributed by atoms with E-state index in [0.29, 0.717) is 36.4 Å². The van der Waals surface area contributed by atoms with Gasteiger partial charge in [0.25, 0.3) is 5.56 Å². The Morgan fingerprint density at radius 1 is 1.09 bits per heavy atom. The van der Waals surface area contributed by atoms with E-state index in [-0.39, 0.29) is 29.8 Å². The first kappa shape index (κ1) is 20.7. The van der Waals surface area contributed by atoms with Gasteiger partial charge in [-0.05, 0) is 48.7 Å². The maximum absolute atomic E-state index is 13.0. The molecule has 2 aliphatic rings. The standard InChI is InChI=1S/C23H24N4O4S/c1-31-17-6-4-15(5-7-17)19-12-18-21(32-19)23(30)27(14-24-18)13-20(28)25-8-10-26(11-9-25)22(29)16-2-3-16/h4-7,12,14,16H,2-3,8-11,13H2,1H3. The Kier molecular flexibility index (Phi) is 5.42. The smallest absolute Gasteiger partial charge is 0.271 e. The number of nitrogens with zero attached hydrogens (tertiary/aromatic N) is 4. The number of amides is 2. The van der Waals surface area contributed by atoms with Crippen molar-refractivity contribution in [3.63, 3.8) is 0 Å². The molecule has 9 heteroatoms. The molecule has 2 aromatic heterocycles. The molecule has 3 aromatic rings. The van der Waals surface area contributed by atoms with Gasteiger partial charge in [-0.25, -0.2) is 4.98 Å². The summed E-state index contributed by atoms with van der Waals surface area (Å²) in [5.74, 6) is 1.06. The van der Waals surface area contributed by atoms with E-state index in [4.69, 9.17) is 4.74 Å². The zero-order valence-electron chi connectivity index (χ0n) is 17.8. The molecule has 0 N–H and O–H groups in total. The molecule has 0 spiro atoms. The summed E-state index contributed by atoms with van der Waals surface area (Å²) in [6.45, 7) is 2.07. The van der Waals surface area contributed by atoms with Crippen LogP contribution >= 0.6 is 11.3 Å². The van der Waals surface area contributed by atoms with E-state index in [0.717, 1.165) is 29.0 Å². The van der Waals surface area contributed by atoms with E-state index < -0.39 is 0 Å². The molecule has 0 atom stereocenters. The summed E-state index contributed by atoms with van der Waals surface area (Å²) in [6.07, 6.45) is 3.42. The number of methoxy groups -OCH3 is 1. The van der Waals surface area contributed by atoms with Gasteiger partial charge in [-0.3, -0.25) is 19.0 Å². The second-order valence-corrected chi connectivity index (χ2v) is 9.26. The molecule has 2 amide bonds. The van der Waals surface area contributed by atoms with Crippen LogP contribution in [0.15, 0.2) is 41.5 Å². The SMILES string of the molecule is COc1ccc(-c2cc3ncn(CC(=O)N4CCN(C(=O)C5CC5)CC4)c(=O)c3s2)cc1. The number of thiophene rings is 1. The third-order valence-electron chi connectivity index (χ3n) is 6.05.